The molecule has 2 heteroatoms. The average Bonchev–Trinajstić information content (AvgIpc) is 1.77. The SMILES string of the molecule is [CH2]c1ccc(O)cc1.[NaH]. The summed E-state index contributed by atoms with van der Waals surface area (Å²) < 4.78 is 0. The molecule has 0 aliphatic carbocycles. The first-order chi connectivity index (χ1) is 3.79. The van der Waals surface area contributed by atoms with Crippen LogP contribution in [-0.4, -0.2) is 34.7 Å². The van der Waals surface area contributed by atoms with Gasteiger partial charge in [-0.05, 0) is 24.6 Å². The van der Waals surface area contributed by atoms with E-state index in [1.54, 1.807) is 24.3 Å². The molecule has 0 amide bonds. The predicted octanol–water partition coefficient (Wildman–Crippen LogP) is 0.926. The molecule has 0 saturated heterocycles. The molecule has 0 fully saturated rings. The number of benzene rings is 1. The van der Waals surface area contributed by atoms with Gasteiger partial charge in [0.25, 0.3) is 0 Å². The second-order valence-electron chi connectivity index (χ2n) is 1.67. The first-order valence-corrected chi connectivity index (χ1v) is 2.40. The van der Waals surface area contributed by atoms with Crippen LogP contribution in [0.25, 0.3) is 0 Å². The molecular formula is C7H8NaO. The minimum atomic E-state index is 0. The molecule has 1 nitrogen and oxygen atoms in total. The van der Waals surface area contributed by atoms with Crippen molar-refractivity contribution in [2.75, 3.05) is 0 Å². The topological polar surface area (TPSA) is 20.2 Å². The van der Waals surface area contributed by atoms with Crippen LogP contribution in [-0.2, 0) is 0 Å². The molecule has 0 heterocycles. The van der Waals surface area contributed by atoms with Crippen molar-refractivity contribution >= 4 is 29.6 Å². The molecule has 0 aliphatic rings. The van der Waals surface area contributed by atoms with Crippen molar-refractivity contribution in [3.05, 3.63) is 36.8 Å². The van der Waals surface area contributed by atoms with Gasteiger partial charge in [0, 0.05) is 0 Å². The van der Waals surface area contributed by atoms with E-state index in [9.17, 15) is 0 Å². The third-order valence-corrected chi connectivity index (χ3v) is 0.936. The zero-order valence-corrected chi connectivity index (χ0v) is 4.46. The van der Waals surface area contributed by atoms with E-state index in [4.69, 9.17) is 5.11 Å². The van der Waals surface area contributed by atoms with Gasteiger partial charge in [0.05, 0.1) is 0 Å². The maximum absolute atomic E-state index is 8.73. The molecule has 1 N–H and O–H groups in total. The number of phenols is 1. The van der Waals surface area contributed by atoms with Crippen molar-refractivity contribution in [3.8, 4) is 5.75 Å². The van der Waals surface area contributed by atoms with Gasteiger partial charge in [0.15, 0.2) is 0 Å². The standard InChI is InChI=1S/C7H7O.Na.H/c1-6-2-4-7(8)5-3-6;;/h2-5,8H,1H2;;. The predicted molar refractivity (Wildman–Crippen MR) is 39.7 cm³/mol. The monoisotopic (exact) mass is 131 g/mol. The summed E-state index contributed by atoms with van der Waals surface area (Å²) in [6, 6.07) is 6.75. The Hall–Kier alpha value is 0.0200. The molecular weight excluding hydrogens is 123 g/mol. The van der Waals surface area contributed by atoms with Crippen molar-refractivity contribution in [1.29, 1.82) is 0 Å². The number of hydrogen-bond acceptors (Lipinski definition) is 1. The molecule has 0 aliphatic heterocycles. The number of phenolic OH excluding ortho intramolecular Hbond substituents is 1. The average molecular weight is 131 g/mol. The molecule has 0 atom stereocenters. The van der Waals surface area contributed by atoms with Crippen LogP contribution in [0.3, 0.4) is 0 Å². The fourth-order valence-electron chi connectivity index (χ4n) is 0.496. The quantitative estimate of drug-likeness (QED) is 0.519. The minimum absolute atomic E-state index is 0. The summed E-state index contributed by atoms with van der Waals surface area (Å²) in [4.78, 5) is 0. The van der Waals surface area contributed by atoms with E-state index >= 15 is 0 Å². The third kappa shape index (κ3) is 2.89. The van der Waals surface area contributed by atoms with E-state index in [-0.39, 0.29) is 35.3 Å². The summed E-state index contributed by atoms with van der Waals surface area (Å²) >= 11 is 0. The summed E-state index contributed by atoms with van der Waals surface area (Å²) in [5, 5.41) is 8.73. The van der Waals surface area contributed by atoms with E-state index in [0.29, 0.717) is 0 Å². The van der Waals surface area contributed by atoms with Crippen LogP contribution in [0.1, 0.15) is 5.56 Å². The zero-order chi connectivity index (χ0) is 5.98. The second-order valence-corrected chi connectivity index (χ2v) is 1.67. The van der Waals surface area contributed by atoms with Gasteiger partial charge in [-0.1, -0.05) is 12.1 Å². The molecule has 1 radical (unpaired) electrons. The first kappa shape index (κ1) is 9.02. The Balaban J connectivity index is 0.000000640. The van der Waals surface area contributed by atoms with Gasteiger partial charge in [-0.3, -0.25) is 0 Å². The summed E-state index contributed by atoms with van der Waals surface area (Å²) in [5.41, 5.74) is 0.919. The fourth-order valence-corrected chi connectivity index (χ4v) is 0.496. The molecule has 1 aromatic rings. The van der Waals surface area contributed by atoms with Gasteiger partial charge in [-0.25, -0.2) is 0 Å². The van der Waals surface area contributed by atoms with Gasteiger partial charge in [-0.15, -0.1) is 0 Å². The molecule has 0 saturated carbocycles. The Kier molecular flexibility index (Phi) is 3.95. The first-order valence-electron chi connectivity index (χ1n) is 2.40. The van der Waals surface area contributed by atoms with Gasteiger partial charge in [0.1, 0.15) is 5.75 Å². The molecule has 9 heavy (non-hydrogen) atoms. The summed E-state index contributed by atoms with van der Waals surface area (Å²) in [5.74, 6) is 0.289. The van der Waals surface area contributed by atoms with Gasteiger partial charge in [0.2, 0.25) is 0 Å². The van der Waals surface area contributed by atoms with Crippen LogP contribution in [0.15, 0.2) is 24.3 Å². The summed E-state index contributed by atoms with van der Waals surface area (Å²) in [6.07, 6.45) is 0. The fraction of sp³-hybridized carbons (Fsp3) is 0. The van der Waals surface area contributed by atoms with Crippen molar-refractivity contribution in [3.63, 3.8) is 0 Å². The van der Waals surface area contributed by atoms with Crippen LogP contribution in [0, 0.1) is 6.92 Å². The second kappa shape index (κ2) is 3.94. The summed E-state index contributed by atoms with van der Waals surface area (Å²) in [6.45, 7) is 3.65. The molecule has 43 valence electrons. The Morgan fingerprint density at radius 3 is 1.89 bits per heavy atom. The van der Waals surface area contributed by atoms with Gasteiger partial charge < -0.3 is 5.11 Å². The van der Waals surface area contributed by atoms with Crippen molar-refractivity contribution in [1.82, 2.24) is 0 Å². The van der Waals surface area contributed by atoms with E-state index in [0.717, 1.165) is 5.56 Å². The van der Waals surface area contributed by atoms with E-state index in [1.165, 1.54) is 0 Å². The van der Waals surface area contributed by atoms with Gasteiger partial charge in [-0.2, -0.15) is 0 Å². The van der Waals surface area contributed by atoms with Crippen molar-refractivity contribution in [2.24, 2.45) is 0 Å². The Morgan fingerprint density at radius 1 is 1.11 bits per heavy atom. The van der Waals surface area contributed by atoms with E-state index < -0.39 is 0 Å². The Morgan fingerprint density at radius 2 is 1.56 bits per heavy atom. The van der Waals surface area contributed by atoms with Crippen molar-refractivity contribution < 1.29 is 5.11 Å². The maximum atomic E-state index is 8.73. The van der Waals surface area contributed by atoms with E-state index in [1.807, 2.05) is 0 Å². The van der Waals surface area contributed by atoms with Gasteiger partial charge >= 0.3 is 29.6 Å². The number of aromatic hydroxyl groups is 1. The Bertz CT molecular complexity index is 148. The van der Waals surface area contributed by atoms with Crippen LogP contribution >= 0.6 is 0 Å². The molecule has 0 unspecified atom stereocenters. The van der Waals surface area contributed by atoms with Crippen LogP contribution in [0.4, 0.5) is 0 Å². The van der Waals surface area contributed by atoms with Crippen LogP contribution < -0.4 is 0 Å². The normalized spacial score (nSPS) is 8.11. The molecule has 0 spiro atoms. The Labute approximate surface area is 77.0 Å². The number of rotatable bonds is 0. The van der Waals surface area contributed by atoms with Crippen LogP contribution in [0.2, 0.25) is 0 Å². The zero-order valence-electron chi connectivity index (χ0n) is 4.46. The summed E-state index contributed by atoms with van der Waals surface area (Å²) in [7, 11) is 0. The van der Waals surface area contributed by atoms with Crippen LogP contribution in [0.5, 0.6) is 5.75 Å². The molecule has 1 rings (SSSR count). The molecule has 1 aromatic carbocycles. The molecule has 0 bridgehead atoms. The van der Waals surface area contributed by atoms with E-state index in [2.05, 4.69) is 6.92 Å². The molecule has 0 aromatic heterocycles. The number of hydrogen-bond donors (Lipinski definition) is 1. The van der Waals surface area contributed by atoms with Crippen molar-refractivity contribution in [2.45, 2.75) is 0 Å². The third-order valence-electron chi connectivity index (χ3n) is 0.936.